The monoisotopic (exact) mass is 338 g/mol. The number of hydrogen-bond donors (Lipinski definition) is 1. The third kappa shape index (κ3) is 14.7. The summed E-state index contributed by atoms with van der Waals surface area (Å²) in [7, 11) is 4.02. The van der Waals surface area contributed by atoms with Crippen LogP contribution in [0.25, 0.3) is 0 Å². The fraction of sp³-hybridized carbons (Fsp3) is 0.857. The average molecular weight is 339 g/mol. The first-order valence-corrected chi connectivity index (χ1v) is 10.2. The molecule has 0 radical (unpaired) electrons. The molecule has 0 aliphatic carbocycles. The summed E-state index contributed by atoms with van der Waals surface area (Å²) in [5.41, 5.74) is 0. The first-order chi connectivity index (χ1) is 11.6. The van der Waals surface area contributed by atoms with E-state index in [0.29, 0.717) is 6.42 Å². The Bertz CT molecular complexity index is 313. The second kappa shape index (κ2) is 17.0. The van der Waals surface area contributed by atoms with Gasteiger partial charge in [0.05, 0.1) is 6.17 Å². The fourth-order valence-electron chi connectivity index (χ4n) is 2.86. The number of unbranched alkanes of at least 4 members (excludes halogenated alkanes) is 9. The summed E-state index contributed by atoms with van der Waals surface area (Å²) < 4.78 is 0. The lowest BCUT2D eigenvalue weighted by Gasteiger charge is -2.23. The van der Waals surface area contributed by atoms with Gasteiger partial charge in [-0.05, 0) is 52.6 Å². The maximum atomic E-state index is 11.9. The number of nitrogens with zero attached hydrogens (tertiary/aromatic N) is 1. The molecule has 0 saturated heterocycles. The van der Waals surface area contributed by atoms with Crippen molar-refractivity contribution < 1.29 is 4.79 Å². The van der Waals surface area contributed by atoms with E-state index >= 15 is 0 Å². The molecular weight excluding hydrogens is 296 g/mol. The van der Waals surface area contributed by atoms with Crippen LogP contribution in [0.4, 0.5) is 0 Å². The van der Waals surface area contributed by atoms with Crippen molar-refractivity contribution in [3.8, 4) is 0 Å². The molecule has 24 heavy (non-hydrogen) atoms. The van der Waals surface area contributed by atoms with E-state index in [2.05, 4.69) is 36.2 Å². The van der Waals surface area contributed by atoms with Crippen LogP contribution in [0.15, 0.2) is 12.2 Å². The number of carbonyl (C=O) groups excluding carboxylic acids is 1. The van der Waals surface area contributed by atoms with Crippen LogP contribution in [0.5, 0.6) is 0 Å². The minimum atomic E-state index is 0.172. The summed E-state index contributed by atoms with van der Waals surface area (Å²) in [4.78, 5) is 13.9. The molecule has 1 atom stereocenters. The molecule has 1 N–H and O–H groups in total. The molecule has 142 valence electrons. The van der Waals surface area contributed by atoms with Gasteiger partial charge in [0.2, 0.25) is 5.91 Å². The highest BCUT2D eigenvalue weighted by atomic mass is 16.1. The minimum absolute atomic E-state index is 0.172. The van der Waals surface area contributed by atoms with Gasteiger partial charge in [-0.25, -0.2) is 0 Å². The Hall–Kier alpha value is -0.830. The number of nitrogens with one attached hydrogen (secondary N) is 1. The lowest BCUT2D eigenvalue weighted by molar-refractivity contribution is -0.123. The number of allylic oxidation sites excluding steroid dienone is 2. The van der Waals surface area contributed by atoms with Crippen LogP contribution in [0.3, 0.4) is 0 Å². The molecule has 3 heteroatoms. The predicted octanol–water partition coefficient (Wildman–Crippen LogP) is 5.66. The van der Waals surface area contributed by atoms with Crippen LogP contribution in [-0.2, 0) is 4.79 Å². The van der Waals surface area contributed by atoms with Crippen molar-refractivity contribution in [2.75, 3.05) is 14.1 Å². The van der Waals surface area contributed by atoms with Crippen LogP contribution in [0.2, 0.25) is 0 Å². The maximum absolute atomic E-state index is 11.9. The molecule has 1 amide bonds. The van der Waals surface area contributed by atoms with Gasteiger partial charge >= 0.3 is 0 Å². The molecule has 0 heterocycles. The molecule has 0 aromatic heterocycles. The van der Waals surface area contributed by atoms with Gasteiger partial charge in [0.15, 0.2) is 0 Å². The first kappa shape index (κ1) is 23.2. The van der Waals surface area contributed by atoms with Crippen molar-refractivity contribution in [2.45, 2.75) is 103 Å². The molecule has 0 aliphatic rings. The fourth-order valence-corrected chi connectivity index (χ4v) is 2.86. The molecule has 0 bridgehead atoms. The van der Waals surface area contributed by atoms with Crippen molar-refractivity contribution in [3.05, 3.63) is 12.2 Å². The molecule has 1 unspecified atom stereocenters. The first-order valence-electron chi connectivity index (χ1n) is 10.2. The molecule has 0 aromatic rings. The second-order valence-electron chi connectivity index (χ2n) is 7.08. The van der Waals surface area contributed by atoms with Crippen LogP contribution < -0.4 is 5.32 Å². The van der Waals surface area contributed by atoms with E-state index in [9.17, 15) is 4.79 Å². The smallest absolute Gasteiger partial charge is 0.221 e. The Balaban J connectivity index is 3.38. The molecule has 0 rings (SSSR count). The van der Waals surface area contributed by atoms with E-state index in [1.54, 1.807) is 0 Å². The lowest BCUT2D eigenvalue weighted by Crippen LogP contribution is -2.44. The summed E-state index contributed by atoms with van der Waals surface area (Å²) in [5, 5.41) is 3.09. The summed E-state index contributed by atoms with van der Waals surface area (Å²) >= 11 is 0. The van der Waals surface area contributed by atoms with E-state index in [-0.39, 0.29) is 12.1 Å². The largest absolute Gasteiger partial charge is 0.341 e. The summed E-state index contributed by atoms with van der Waals surface area (Å²) in [6.45, 7) is 4.36. The Kier molecular flexibility index (Phi) is 16.4. The molecule has 0 spiro atoms. The number of carbonyl (C=O) groups is 1. The highest BCUT2D eigenvalue weighted by Crippen LogP contribution is 2.09. The molecule has 0 aliphatic heterocycles. The zero-order valence-corrected chi connectivity index (χ0v) is 16.8. The van der Waals surface area contributed by atoms with Gasteiger partial charge in [-0.1, -0.05) is 64.5 Å². The summed E-state index contributed by atoms with van der Waals surface area (Å²) in [5.74, 6) is 0.196. The van der Waals surface area contributed by atoms with Crippen LogP contribution in [0.1, 0.15) is 97.3 Å². The minimum Gasteiger partial charge on any atom is -0.341 e. The van der Waals surface area contributed by atoms with Crippen molar-refractivity contribution in [1.29, 1.82) is 0 Å². The summed E-state index contributed by atoms with van der Waals surface area (Å²) in [6.07, 6.45) is 20.4. The number of amides is 1. The van der Waals surface area contributed by atoms with Crippen LogP contribution in [-0.4, -0.2) is 31.1 Å². The zero-order valence-electron chi connectivity index (χ0n) is 16.8. The third-order valence-corrected chi connectivity index (χ3v) is 4.50. The summed E-state index contributed by atoms with van der Waals surface area (Å²) in [6, 6.07) is 0. The molecule has 0 fully saturated rings. The molecule has 0 aromatic carbocycles. The SMILES string of the molecule is CCCCCCC=CCCCCCCCC(=O)NC(CC)N(C)C. The second-order valence-corrected chi connectivity index (χ2v) is 7.08. The van der Waals surface area contributed by atoms with Gasteiger partial charge in [0.1, 0.15) is 0 Å². The normalized spacial score (nSPS) is 12.9. The Morgan fingerprint density at radius 2 is 1.42 bits per heavy atom. The molecule has 3 nitrogen and oxygen atoms in total. The van der Waals surface area contributed by atoms with Gasteiger partial charge in [0.25, 0.3) is 0 Å². The maximum Gasteiger partial charge on any atom is 0.221 e. The highest BCUT2D eigenvalue weighted by molar-refractivity contribution is 5.76. The van der Waals surface area contributed by atoms with Gasteiger partial charge in [-0.15, -0.1) is 0 Å². The van der Waals surface area contributed by atoms with Gasteiger partial charge in [-0.3, -0.25) is 9.69 Å². The van der Waals surface area contributed by atoms with Crippen LogP contribution >= 0.6 is 0 Å². The van der Waals surface area contributed by atoms with Gasteiger partial charge in [-0.2, -0.15) is 0 Å². The van der Waals surface area contributed by atoms with Crippen molar-refractivity contribution in [1.82, 2.24) is 10.2 Å². The van der Waals surface area contributed by atoms with Gasteiger partial charge in [0, 0.05) is 6.42 Å². The molecule has 0 saturated carbocycles. The van der Waals surface area contributed by atoms with E-state index in [4.69, 9.17) is 0 Å². The predicted molar refractivity (Wildman–Crippen MR) is 106 cm³/mol. The van der Waals surface area contributed by atoms with E-state index in [1.807, 2.05) is 14.1 Å². The highest BCUT2D eigenvalue weighted by Gasteiger charge is 2.11. The Labute approximate surface area is 151 Å². The van der Waals surface area contributed by atoms with Gasteiger partial charge < -0.3 is 5.32 Å². The quantitative estimate of drug-likeness (QED) is 0.224. The van der Waals surface area contributed by atoms with E-state index < -0.39 is 0 Å². The number of hydrogen-bond acceptors (Lipinski definition) is 2. The van der Waals surface area contributed by atoms with E-state index in [1.165, 1.54) is 64.2 Å². The van der Waals surface area contributed by atoms with Crippen molar-refractivity contribution >= 4 is 5.91 Å². The van der Waals surface area contributed by atoms with Crippen molar-refractivity contribution in [3.63, 3.8) is 0 Å². The number of rotatable bonds is 16. The van der Waals surface area contributed by atoms with Crippen LogP contribution in [0, 0.1) is 0 Å². The average Bonchev–Trinajstić information content (AvgIpc) is 2.56. The molecular formula is C21H42N2O. The standard InChI is InChI=1S/C21H42N2O/c1-5-7-8-9-10-11-12-13-14-15-16-17-18-19-21(24)22-20(6-2)23(3)4/h11-12,20H,5-10,13-19H2,1-4H3,(H,22,24). The third-order valence-electron chi connectivity index (χ3n) is 4.50. The Morgan fingerprint density at radius 1 is 0.875 bits per heavy atom. The Morgan fingerprint density at radius 3 is 1.96 bits per heavy atom. The lowest BCUT2D eigenvalue weighted by atomic mass is 10.1. The zero-order chi connectivity index (χ0) is 18.0. The van der Waals surface area contributed by atoms with E-state index in [0.717, 1.165) is 12.8 Å². The topological polar surface area (TPSA) is 32.3 Å². The van der Waals surface area contributed by atoms with Crippen molar-refractivity contribution in [2.24, 2.45) is 0 Å².